The number of hydrogen-bond acceptors (Lipinski definition) is 16. The zero-order chi connectivity index (χ0) is 63.3. The van der Waals surface area contributed by atoms with Crippen LogP contribution in [0.2, 0.25) is 10.0 Å². The second-order valence-corrected chi connectivity index (χ2v) is 27.9. The summed E-state index contributed by atoms with van der Waals surface area (Å²) in [6, 6.07) is 6.03. The Morgan fingerprint density at radius 2 is 1.26 bits per heavy atom. The number of nitrogens with zero attached hydrogens (tertiary/aromatic N) is 4. The summed E-state index contributed by atoms with van der Waals surface area (Å²) in [6.07, 6.45) is 12.7. The Labute approximate surface area is 526 Å². The standard InChI is InChI=1S/C64H78Cl2N8O15/c1-59(2,3)86-57(82)67-44-21-14-11-7-9-13-19-41-29-64(41,70-52(76)49-33-62(35-74(49)53(44)77)31-47(72-89-62)39-25-38-23-24-84-50(38)43(66)27-39)56(81)85-36-60(4,5)87-58(83)68-45-22-15-10-6-8-12-18-40-28-63(40,55(79)80)69-51(75)48-32-61(34-73(48)54(45)78)30-46(71-88-61)37-17-16-20-42(65)26-37/h12-13,16-20,25-27,40-41,44-45,48-49H,6-11,14-15,21-24,28-36H2,1-5H3,(H,67,82)(H,68,83)(H,69,75)(H,70,76)(H,79,80)/b18-12-,19-13-. The van der Waals surface area contributed by atoms with Crippen LogP contribution >= 0.6 is 23.2 Å². The van der Waals surface area contributed by atoms with Crippen LogP contribution in [0.15, 0.2) is 71.0 Å². The first-order chi connectivity index (χ1) is 42.3. The van der Waals surface area contributed by atoms with Crippen molar-refractivity contribution < 1.29 is 72.1 Å². The van der Waals surface area contributed by atoms with E-state index in [9.17, 15) is 29.1 Å². The van der Waals surface area contributed by atoms with Gasteiger partial charge in [-0.25, -0.2) is 19.2 Å². The minimum absolute atomic E-state index is 0.0214. The molecule has 0 radical (unpaired) electrons. The lowest BCUT2D eigenvalue weighted by molar-refractivity contribution is -0.156. The number of rotatable bonds is 9. The lowest BCUT2D eigenvalue weighted by Crippen LogP contribution is -2.57. The third kappa shape index (κ3) is 13.7. The monoisotopic (exact) mass is 1270 g/mol. The number of nitrogens with one attached hydrogen (secondary N) is 4. The minimum atomic E-state index is -1.59. The molecule has 2 aliphatic carbocycles. The number of oxime groups is 2. The molecule has 10 atom stereocenters. The molecule has 10 unspecified atom stereocenters. The maximum atomic E-state index is 15.1. The molecule has 2 spiro atoms. The average molecular weight is 1270 g/mol. The predicted octanol–water partition coefficient (Wildman–Crippen LogP) is 7.74. The first-order valence-electron chi connectivity index (χ1n) is 31.0. The molecule has 4 fully saturated rings. The molecule has 23 nitrogen and oxygen atoms in total. The van der Waals surface area contributed by atoms with Crippen LogP contribution in [0.25, 0.3) is 0 Å². The van der Waals surface area contributed by atoms with E-state index in [4.69, 9.17) is 51.8 Å². The number of alkyl carbamates (subject to hydrolysis) is 2. The van der Waals surface area contributed by atoms with E-state index in [1.165, 1.54) is 23.6 Å². The van der Waals surface area contributed by atoms with Gasteiger partial charge in [0.05, 0.1) is 36.1 Å². The van der Waals surface area contributed by atoms with E-state index in [-0.39, 0.29) is 64.5 Å². The number of aliphatic carboxylic acids is 1. The van der Waals surface area contributed by atoms with Gasteiger partial charge in [-0.15, -0.1) is 0 Å². The number of amides is 6. The molecule has 6 amide bonds. The lowest BCUT2D eigenvalue weighted by Gasteiger charge is -2.31. The SMILES string of the molecule is CC(C)(C)OC(=O)NC1CCCCC/C=C\C2CC2(C(=O)OCC(C)(C)OC(=O)NC2CCCCC/C=C\C3CC3(C(=O)O)NC(=O)C3CC4(CC(c5cccc(Cl)c5)=NO4)CN3C2=O)NC(=O)C2CC3(CC(c4cc(Cl)c5c(c4)CCO5)=NO3)CN2C1=O. The fourth-order valence-corrected chi connectivity index (χ4v) is 13.9. The Balaban J connectivity index is 0.794. The second-order valence-electron chi connectivity index (χ2n) is 27.0. The highest BCUT2D eigenvalue weighted by Crippen LogP contribution is 2.49. The molecule has 0 aromatic heterocycles. The maximum Gasteiger partial charge on any atom is 0.408 e. The number of carbonyl (C=O) groups excluding carboxylic acids is 7. The third-order valence-corrected chi connectivity index (χ3v) is 18.8. The quantitative estimate of drug-likeness (QED) is 0.0911. The molecular formula is C64H78Cl2N8O15. The highest BCUT2D eigenvalue weighted by molar-refractivity contribution is 6.32. The van der Waals surface area contributed by atoms with E-state index in [2.05, 4.69) is 31.6 Å². The van der Waals surface area contributed by atoms with E-state index in [0.29, 0.717) is 96.3 Å². The van der Waals surface area contributed by atoms with Crippen LogP contribution in [0, 0.1) is 11.8 Å². The summed E-state index contributed by atoms with van der Waals surface area (Å²) in [7, 11) is 0. The Hall–Kier alpha value is -7.40. The van der Waals surface area contributed by atoms with E-state index < -0.39 is 124 Å². The van der Waals surface area contributed by atoms with Gasteiger partial charge in [0.25, 0.3) is 0 Å². The van der Waals surface area contributed by atoms with Gasteiger partial charge in [0.2, 0.25) is 23.6 Å². The number of halogens is 2. The Kier molecular flexibility index (Phi) is 17.6. The van der Waals surface area contributed by atoms with Crippen molar-refractivity contribution in [3.05, 3.63) is 87.4 Å². The van der Waals surface area contributed by atoms with Crippen molar-refractivity contribution in [2.75, 3.05) is 26.3 Å². The molecular weight excluding hydrogens is 1190 g/mol. The topological polar surface area (TPSA) is 291 Å². The fourth-order valence-electron chi connectivity index (χ4n) is 13.5. The summed E-state index contributed by atoms with van der Waals surface area (Å²) in [5.41, 5.74) is -4.46. The fraction of sp³-hybridized carbons (Fsp3) is 0.594. The summed E-state index contributed by atoms with van der Waals surface area (Å²) in [5, 5.41) is 31.5. The van der Waals surface area contributed by atoms with Crippen molar-refractivity contribution in [1.29, 1.82) is 0 Å². The summed E-state index contributed by atoms with van der Waals surface area (Å²) in [6.45, 7) is 8.01. The van der Waals surface area contributed by atoms with Gasteiger partial charge < -0.3 is 64.8 Å². The molecule has 2 saturated carbocycles. The molecule has 89 heavy (non-hydrogen) atoms. The van der Waals surface area contributed by atoms with Crippen molar-refractivity contribution in [2.24, 2.45) is 22.1 Å². The number of allylic oxidation sites excluding steroid dienone is 2. The Morgan fingerprint density at radius 1 is 0.708 bits per heavy atom. The smallest absolute Gasteiger partial charge is 0.408 e. The van der Waals surface area contributed by atoms with Gasteiger partial charge in [0, 0.05) is 60.1 Å². The van der Waals surface area contributed by atoms with Gasteiger partial charge in [0.15, 0.2) is 11.2 Å². The molecule has 5 N–H and O–H groups in total. The number of fused-ring (bicyclic) bond motifs is 5. The van der Waals surface area contributed by atoms with Gasteiger partial charge in [0.1, 0.15) is 58.8 Å². The number of carboxylic acid groups (broad SMARTS) is 1. The molecule has 0 bridgehead atoms. The zero-order valence-corrected chi connectivity index (χ0v) is 52.3. The minimum Gasteiger partial charge on any atom is -0.491 e. The van der Waals surface area contributed by atoms with E-state index >= 15 is 14.4 Å². The highest BCUT2D eigenvalue weighted by Gasteiger charge is 2.65. The molecule has 478 valence electrons. The van der Waals surface area contributed by atoms with Crippen molar-refractivity contribution in [3.8, 4) is 5.75 Å². The van der Waals surface area contributed by atoms with Crippen LogP contribution in [-0.4, -0.2) is 158 Å². The van der Waals surface area contributed by atoms with Gasteiger partial charge in [-0.05, 0) is 116 Å². The number of carboxylic acids is 1. The van der Waals surface area contributed by atoms with E-state index in [1.807, 2.05) is 36.4 Å². The van der Waals surface area contributed by atoms with Crippen LogP contribution in [0.1, 0.15) is 154 Å². The molecule has 7 aliphatic heterocycles. The summed E-state index contributed by atoms with van der Waals surface area (Å²) < 4.78 is 23.3. The summed E-state index contributed by atoms with van der Waals surface area (Å²) >= 11 is 13.0. The van der Waals surface area contributed by atoms with Crippen LogP contribution in [0.4, 0.5) is 9.59 Å². The number of esters is 1. The van der Waals surface area contributed by atoms with Crippen molar-refractivity contribution in [3.63, 3.8) is 0 Å². The maximum absolute atomic E-state index is 15.1. The largest absolute Gasteiger partial charge is 0.491 e. The van der Waals surface area contributed by atoms with Crippen LogP contribution < -0.4 is 26.0 Å². The van der Waals surface area contributed by atoms with Crippen molar-refractivity contribution in [1.82, 2.24) is 31.1 Å². The molecule has 7 heterocycles. The number of ether oxygens (including phenoxy) is 4. The molecule has 25 heteroatoms. The first kappa shape index (κ1) is 63.2. The molecule has 2 saturated heterocycles. The van der Waals surface area contributed by atoms with Gasteiger partial charge in [-0.1, -0.05) is 95.6 Å². The van der Waals surface area contributed by atoms with Gasteiger partial charge in [-0.2, -0.15) is 0 Å². The van der Waals surface area contributed by atoms with Gasteiger partial charge in [-0.3, -0.25) is 19.2 Å². The third-order valence-electron chi connectivity index (χ3n) is 18.3. The van der Waals surface area contributed by atoms with Crippen molar-refractivity contribution in [2.45, 2.75) is 201 Å². The van der Waals surface area contributed by atoms with E-state index in [1.54, 1.807) is 45.0 Å². The molecule has 2 aromatic carbocycles. The van der Waals surface area contributed by atoms with Gasteiger partial charge >= 0.3 is 24.1 Å². The normalized spacial score (nSPS) is 31.9. The lowest BCUT2D eigenvalue weighted by atomic mass is 9.91. The zero-order valence-electron chi connectivity index (χ0n) is 50.8. The molecule has 11 rings (SSSR count). The second kappa shape index (κ2) is 24.8. The number of benzene rings is 2. The Morgan fingerprint density at radius 3 is 1.83 bits per heavy atom. The van der Waals surface area contributed by atoms with Crippen LogP contribution in [-0.2, 0) is 59.1 Å². The van der Waals surface area contributed by atoms with Crippen molar-refractivity contribution >= 4 is 82.4 Å². The predicted molar refractivity (Wildman–Crippen MR) is 324 cm³/mol. The number of carbonyl (C=O) groups is 8. The first-order valence-corrected chi connectivity index (χ1v) is 31.7. The molecule has 9 aliphatic rings. The Bertz CT molecular complexity index is 3330. The van der Waals surface area contributed by atoms with E-state index in [0.717, 1.165) is 12.0 Å². The highest BCUT2D eigenvalue weighted by atomic mass is 35.5. The number of hydrogen-bond donors (Lipinski definition) is 5. The van der Waals surface area contributed by atoms with Crippen LogP contribution in [0.5, 0.6) is 5.75 Å². The molecule has 2 aromatic rings. The van der Waals surface area contributed by atoms with Crippen LogP contribution in [0.3, 0.4) is 0 Å². The average Bonchev–Trinajstić information content (AvgIpc) is 1.60. The summed E-state index contributed by atoms with van der Waals surface area (Å²) in [5.74, 6) is -4.82. The summed E-state index contributed by atoms with van der Waals surface area (Å²) in [4.78, 5) is 130.